The number of benzene rings is 2. The third-order valence-electron chi connectivity index (χ3n) is 3.94. The predicted molar refractivity (Wildman–Crippen MR) is 88.9 cm³/mol. The molecule has 2 heteroatoms. The number of para-hydroxylation sites is 1. The van der Waals surface area contributed by atoms with Crippen molar-refractivity contribution in [2.45, 2.75) is 39.8 Å². The van der Waals surface area contributed by atoms with Crippen LogP contribution < -0.4 is 10.1 Å². The molecule has 0 aliphatic heterocycles. The van der Waals surface area contributed by atoms with Gasteiger partial charge in [-0.2, -0.15) is 0 Å². The van der Waals surface area contributed by atoms with Crippen molar-refractivity contribution in [1.29, 1.82) is 0 Å². The Labute approximate surface area is 128 Å². The Hall–Kier alpha value is -1.80. The zero-order valence-corrected chi connectivity index (χ0v) is 13.4. The third kappa shape index (κ3) is 4.33. The van der Waals surface area contributed by atoms with E-state index in [2.05, 4.69) is 56.4 Å². The second-order valence-corrected chi connectivity index (χ2v) is 5.72. The summed E-state index contributed by atoms with van der Waals surface area (Å²) < 4.78 is 5.41. The zero-order chi connectivity index (χ0) is 15.2. The first-order chi connectivity index (χ1) is 10.1. The number of nitrogens with one attached hydrogen (secondary N) is 1. The third-order valence-corrected chi connectivity index (χ3v) is 3.94. The van der Waals surface area contributed by atoms with Crippen LogP contribution in [0.3, 0.4) is 0 Å². The maximum atomic E-state index is 5.41. The molecular formula is C19H25NO. The van der Waals surface area contributed by atoms with E-state index in [9.17, 15) is 0 Å². The second-order valence-electron chi connectivity index (χ2n) is 5.72. The molecule has 2 nitrogen and oxygen atoms in total. The number of rotatable bonds is 6. The zero-order valence-electron chi connectivity index (χ0n) is 13.4. The molecule has 2 aromatic carbocycles. The maximum absolute atomic E-state index is 5.41. The molecule has 1 atom stereocenters. The van der Waals surface area contributed by atoms with Crippen LogP contribution in [0.15, 0.2) is 42.5 Å². The number of hydrogen-bond acceptors (Lipinski definition) is 2. The molecule has 2 aromatic rings. The predicted octanol–water partition coefficient (Wildman–Crippen LogP) is 4.03. The van der Waals surface area contributed by atoms with E-state index in [-0.39, 0.29) is 0 Å². The largest absolute Gasteiger partial charge is 0.496 e. The van der Waals surface area contributed by atoms with Gasteiger partial charge in [0.25, 0.3) is 0 Å². The summed E-state index contributed by atoms with van der Waals surface area (Å²) in [5, 5.41) is 3.59. The van der Waals surface area contributed by atoms with E-state index in [0.29, 0.717) is 6.04 Å². The Morgan fingerprint density at radius 3 is 2.52 bits per heavy atom. The van der Waals surface area contributed by atoms with Crippen LogP contribution in [-0.2, 0) is 13.0 Å². The Morgan fingerprint density at radius 2 is 1.81 bits per heavy atom. The van der Waals surface area contributed by atoms with Gasteiger partial charge in [-0.3, -0.25) is 0 Å². The molecule has 0 saturated carbocycles. The van der Waals surface area contributed by atoms with Crippen LogP contribution in [0.25, 0.3) is 0 Å². The van der Waals surface area contributed by atoms with E-state index in [1.165, 1.54) is 22.3 Å². The topological polar surface area (TPSA) is 21.3 Å². The Bertz CT molecular complexity index is 592. The first kappa shape index (κ1) is 15.6. The quantitative estimate of drug-likeness (QED) is 0.864. The lowest BCUT2D eigenvalue weighted by Gasteiger charge is -2.16. The van der Waals surface area contributed by atoms with Crippen LogP contribution >= 0.6 is 0 Å². The van der Waals surface area contributed by atoms with Crippen LogP contribution in [0.4, 0.5) is 0 Å². The lowest BCUT2D eigenvalue weighted by Crippen LogP contribution is -2.27. The van der Waals surface area contributed by atoms with Gasteiger partial charge >= 0.3 is 0 Å². The summed E-state index contributed by atoms with van der Waals surface area (Å²) in [6.45, 7) is 7.43. The fourth-order valence-electron chi connectivity index (χ4n) is 2.48. The minimum atomic E-state index is 0.405. The highest BCUT2D eigenvalue weighted by molar-refractivity contribution is 5.34. The van der Waals surface area contributed by atoms with Gasteiger partial charge in [0.05, 0.1) is 7.11 Å². The summed E-state index contributed by atoms with van der Waals surface area (Å²) in [7, 11) is 1.73. The Kier molecular flexibility index (Phi) is 5.40. The molecule has 0 saturated heterocycles. The minimum absolute atomic E-state index is 0.405. The van der Waals surface area contributed by atoms with Gasteiger partial charge in [-0.05, 0) is 55.5 Å². The smallest absolute Gasteiger partial charge is 0.122 e. The van der Waals surface area contributed by atoms with Crippen molar-refractivity contribution in [3.63, 3.8) is 0 Å². The summed E-state index contributed by atoms with van der Waals surface area (Å²) in [5.74, 6) is 0.970. The van der Waals surface area contributed by atoms with E-state index in [0.717, 1.165) is 18.7 Å². The van der Waals surface area contributed by atoms with Gasteiger partial charge in [-0.25, -0.2) is 0 Å². The van der Waals surface area contributed by atoms with Crippen LogP contribution in [0.1, 0.15) is 29.2 Å². The van der Waals surface area contributed by atoms with Gasteiger partial charge in [0.15, 0.2) is 0 Å². The fraction of sp³-hybridized carbons (Fsp3) is 0.368. The summed E-state index contributed by atoms with van der Waals surface area (Å²) in [4.78, 5) is 0. The van der Waals surface area contributed by atoms with Crippen LogP contribution in [0.5, 0.6) is 5.75 Å². The molecule has 0 aliphatic carbocycles. The monoisotopic (exact) mass is 283 g/mol. The molecule has 0 aromatic heterocycles. The van der Waals surface area contributed by atoms with Gasteiger partial charge in [-0.15, -0.1) is 0 Å². The lowest BCUT2D eigenvalue weighted by molar-refractivity contribution is 0.406. The molecule has 0 bridgehead atoms. The number of hydrogen-bond donors (Lipinski definition) is 1. The van der Waals surface area contributed by atoms with Crippen molar-refractivity contribution < 1.29 is 4.74 Å². The molecule has 0 aliphatic rings. The SMILES string of the molecule is COc1ccccc1CC(C)NCc1ccc(C)c(C)c1. The van der Waals surface area contributed by atoms with E-state index < -0.39 is 0 Å². The van der Waals surface area contributed by atoms with Gasteiger partial charge in [0.1, 0.15) is 5.75 Å². The summed E-state index contributed by atoms with van der Waals surface area (Å²) in [6.07, 6.45) is 0.967. The molecular weight excluding hydrogens is 258 g/mol. The fourth-order valence-corrected chi connectivity index (χ4v) is 2.48. The van der Waals surface area contributed by atoms with E-state index in [1.54, 1.807) is 7.11 Å². The molecule has 0 heterocycles. The van der Waals surface area contributed by atoms with E-state index >= 15 is 0 Å². The van der Waals surface area contributed by atoms with Crippen molar-refractivity contribution in [1.82, 2.24) is 5.32 Å². The lowest BCUT2D eigenvalue weighted by atomic mass is 10.0. The number of aryl methyl sites for hydroxylation is 2. The summed E-state index contributed by atoms with van der Waals surface area (Å²) >= 11 is 0. The molecule has 112 valence electrons. The average molecular weight is 283 g/mol. The van der Waals surface area contributed by atoms with Crippen molar-refractivity contribution >= 4 is 0 Å². The number of methoxy groups -OCH3 is 1. The number of ether oxygens (including phenoxy) is 1. The average Bonchev–Trinajstić information content (AvgIpc) is 2.49. The molecule has 0 amide bonds. The van der Waals surface area contributed by atoms with Crippen molar-refractivity contribution in [2.24, 2.45) is 0 Å². The summed E-state index contributed by atoms with van der Waals surface area (Å²) in [5.41, 5.74) is 5.29. The van der Waals surface area contributed by atoms with Gasteiger partial charge < -0.3 is 10.1 Å². The van der Waals surface area contributed by atoms with Crippen molar-refractivity contribution in [2.75, 3.05) is 7.11 Å². The van der Waals surface area contributed by atoms with E-state index in [4.69, 9.17) is 4.74 Å². The standard InChI is InChI=1S/C19H25NO/c1-14-9-10-17(11-15(14)2)13-20-16(3)12-18-7-5-6-8-19(18)21-4/h5-11,16,20H,12-13H2,1-4H3. The van der Waals surface area contributed by atoms with Gasteiger partial charge in [0, 0.05) is 12.6 Å². The maximum Gasteiger partial charge on any atom is 0.122 e. The van der Waals surface area contributed by atoms with Crippen LogP contribution in [-0.4, -0.2) is 13.2 Å². The molecule has 0 fully saturated rings. The molecule has 2 rings (SSSR count). The highest BCUT2D eigenvalue weighted by Gasteiger charge is 2.07. The normalized spacial score (nSPS) is 12.2. The molecule has 0 spiro atoms. The van der Waals surface area contributed by atoms with Crippen LogP contribution in [0, 0.1) is 13.8 Å². The second kappa shape index (κ2) is 7.28. The Morgan fingerprint density at radius 1 is 1.05 bits per heavy atom. The highest BCUT2D eigenvalue weighted by Crippen LogP contribution is 2.19. The highest BCUT2D eigenvalue weighted by atomic mass is 16.5. The first-order valence-electron chi connectivity index (χ1n) is 7.51. The molecule has 1 unspecified atom stereocenters. The van der Waals surface area contributed by atoms with Gasteiger partial charge in [-0.1, -0.05) is 36.4 Å². The first-order valence-corrected chi connectivity index (χ1v) is 7.51. The summed E-state index contributed by atoms with van der Waals surface area (Å²) in [6, 6.07) is 15.3. The molecule has 21 heavy (non-hydrogen) atoms. The molecule has 1 N–H and O–H groups in total. The van der Waals surface area contributed by atoms with Crippen molar-refractivity contribution in [3.8, 4) is 5.75 Å². The Balaban J connectivity index is 1.92. The van der Waals surface area contributed by atoms with Crippen LogP contribution in [0.2, 0.25) is 0 Å². The van der Waals surface area contributed by atoms with Crippen molar-refractivity contribution in [3.05, 3.63) is 64.7 Å². The molecule has 0 radical (unpaired) electrons. The van der Waals surface area contributed by atoms with Gasteiger partial charge in [0.2, 0.25) is 0 Å². The minimum Gasteiger partial charge on any atom is -0.496 e. The van der Waals surface area contributed by atoms with E-state index in [1.807, 2.05) is 12.1 Å².